The van der Waals surface area contributed by atoms with Crippen LogP contribution < -0.4 is 5.32 Å². The Labute approximate surface area is 51.5 Å². The summed E-state index contributed by atoms with van der Waals surface area (Å²) >= 11 is 0. The SMILES string of the molecule is O=C1C=COCNC1=O. The predicted octanol–water partition coefficient (Wildman–Crippen LogP) is -0.827. The molecule has 0 spiro atoms. The van der Waals surface area contributed by atoms with Gasteiger partial charge in [-0.25, -0.2) is 0 Å². The van der Waals surface area contributed by atoms with E-state index in [0.29, 0.717) is 0 Å². The molecule has 0 saturated heterocycles. The maximum atomic E-state index is 10.4. The minimum absolute atomic E-state index is 0.0705. The van der Waals surface area contributed by atoms with Gasteiger partial charge < -0.3 is 10.1 Å². The molecule has 1 aliphatic heterocycles. The molecule has 0 fully saturated rings. The van der Waals surface area contributed by atoms with E-state index in [1.807, 2.05) is 0 Å². The Bertz CT molecular complexity index is 173. The van der Waals surface area contributed by atoms with Gasteiger partial charge in [0.25, 0.3) is 5.91 Å². The topological polar surface area (TPSA) is 55.4 Å². The van der Waals surface area contributed by atoms with Crippen molar-refractivity contribution in [2.24, 2.45) is 0 Å². The number of ketones is 1. The van der Waals surface area contributed by atoms with Gasteiger partial charge in [0.1, 0.15) is 0 Å². The molecular formula is C5H5NO3. The molecule has 0 radical (unpaired) electrons. The molecule has 4 heteroatoms. The summed E-state index contributed by atoms with van der Waals surface area (Å²) in [5.41, 5.74) is 0. The molecule has 0 bridgehead atoms. The average molecular weight is 127 g/mol. The zero-order valence-electron chi connectivity index (χ0n) is 4.59. The number of nitrogens with one attached hydrogen (secondary N) is 1. The molecule has 0 atom stereocenters. The largest absolute Gasteiger partial charge is 0.481 e. The third-order valence-electron chi connectivity index (χ3n) is 0.855. The molecule has 0 aromatic carbocycles. The predicted molar refractivity (Wildman–Crippen MR) is 28.2 cm³/mol. The van der Waals surface area contributed by atoms with Gasteiger partial charge in [0, 0.05) is 6.08 Å². The van der Waals surface area contributed by atoms with Gasteiger partial charge in [-0.1, -0.05) is 0 Å². The summed E-state index contributed by atoms with van der Waals surface area (Å²) in [6, 6.07) is 0. The maximum absolute atomic E-state index is 10.4. The quantitative estimate of drug-likeness (QED) is 0.432. The van der Waals surface area contributed by atoms with Gasteiger partial charge in [0.05, 0.1) is 6.26 Å². The zero-order chi connectivity index (χ0) is 6.69. The molecule has 1 amide bonds. The van der Waals surface area contributed by atoms with Crippen LogP contribution in [0.25, 0.3) is 0 Å². The number of carbonyl (C=O) groups is 2. The number of rotatable bonds is 0. The van der Waals surface area contributed by atoms with Crippen molar-refractivity contribution in [2.45, 2.75) is 0 Å². The fourth-order valence-electron chi connectivity index (χ4n) is 0.428. The highest BCUT2D eigenvalue weighted by molar-refractivity contribution is 6.40. The van der Waals surface area contributed by atoms with Crippen LogP contribution in [-0.2, 0) is 14.3 Å². The van der Waals surface area contributed by atoms with Gasteiger partial charge in [-0.2, -0.15) is 0 Å². The Morgan fingerprint density at radius 3 is 3.11 bits per heavy atom. The van der Waals surface area contributed by atoms with Crippen LogP contribution in [0.1, 0.15) is 0 Å². The lowest BCUT2D eigenvalue weighted by molar-refractivity contribution is -0.135. The van der Waals surface area contributed by atoms with Crippen LogP contribution in [0.3, 0.4) is 0 Å². The summed E-state index contributed by atoms with van der Waals surface area (Å²) < 4.78 is 4.60. The monoisotopic (exact) mass is 127 g/mol. The van der Waals surface area contributed by atoms with E-state index in [2.05, 4.69) is 10.1 Å². The minimum atomic E-state index is -0.622. The van der Waals surface area contributed by atoms with Crippen LogP contribution in [0.5, 0.6) is 0 Å². The summed E-state index contributed by atoms with van der Waals surface area (Å²) in [6.45, 7) is 0.0705. The fraction of sp³-hybridized carbons (Fsp3) is 0.200. The Kier molecular flexibility index (Phi) is 1.48. The maximum Gasteiger partial charge on any atom is 0.294 e. The summed E-state index contributed by atoms with van der Waals surface area (Å²) in [6.07, 6.45) is 2.28. The normalized spacial score (nSPS) is 18.2. The molecule has 1 N–H and O–H groups in total. The van der Waals surface area contributed by atoms with Crippen molar-refractivity contribution in [1.29, 1.82) is 0 Å². The smallest absolute Gasteiger partial charge is 0.294 e. The van der Waals surface area contributed by atoms with Crippen LogP contribution in [0.2, 0.25) is 0 Å². The van der Waals surface area contributed by atoms with E-state index in [4.69, 9.17) is 0 Å². The first-order valence-electron chi connectivity index (χ1n) is 2.41. The molecule has 0 aliphatic carbocycles. The molecule has 1 aliphatic rings. The van der Waals surface area contributed by atoms with Gasteiger partial charge in [-0.15, -0.1) is 0 Å². The molecule has 1 heterocycles. The van der Waals surface area contributed by atoms with Crippen LogP contribution in [0, 0.1) is 0 Å². The van der Waals surface area contributed by atoms with Crippen molar-refractivity contribution in [3.63, 3.8) is 0 Å². The fourth-order valence-corrected chi connectivity index (χ4v) is 0.428. The standard InChI is InChI=1S/C5H5NO3/c7-4-1-2-9-3-6-5(4)8/h1-2H,3H2,(H,6,8). The second kappa shape index (κ2) is 2.30. The first-order chi connectivity index (χ1) is 4.30. The number of hydrogen-bond acceptors (Lipinski definition) is 3. The van der Waals surface area contributed by atoms with E-state index in [0.717, 1.165) is 6.08 Å². The van der Waals surface area contributed by atoms with Crippen molar-refractivity contribution in [3.8, 4) is 0 Å². The second-order valence-corrected chi connectivity index (χ2v) is 1.48. The van der Waals surface area contributed by atoms with E-state index in [1.54, 1.807) is 0 Å². The van der Waals surface area contributed by atoms with E-state index in [9.17, 15) is 9.59 Å². The lowest BCUT2D eigenvalue weighted by Crippen LogP contribution is -2.29. The molecular weight excluding hydrogens is 122 g/mol. The van der Waals surface area contributed by atoms with Gasteiger partial charge in [0.15, 0.2) is 6.73 Å². The number of hydrogen-bond donors (Lipinski definition) is 1. The Balaban J connectivity index is 2.68. The summed E-state index contributed by atoms with van der Waals surface area (Å²) in [4.78, 5) is 20.9. The van der Waals surface area contributed by atoms with Crippen LogP contribution in [0.15, 0.2) is 12.3 Å². The van der Waals surface area contributed by atoms with Gasteiger partial charge >= 0.3 is 0 Å². The zero-order valence-corrected chi connectivity index (χ0v) is 4.59. The van der Waals surface area contributed by atoms with Gasteiger partial charge in [0.2, 0.25) is 5.78 Å². The highest BCUT2D eigenvalue weighted by Gasteiger charge is 2.10. The Morgan fingerprint density at radius 2 is 2.33 bits per heavy atom. The Hall–Kier alpha value is -1.32. The van der Waals surface area contributed by atoms with Crippen LogP contribution in [0.4, 0.5) is 0 Å². The second-order valence-electron chi connectivity index (χ2n) is 1.48. The molecule has 48 valence electrons. The lowest BCUT2D eigenvalue weighted by atomic mass is 10.4. The molecule has 0 aromatic rings. The summed E-state index contributed by atoms with van der Waals surface area (Å²) in [7, 11) is 0. The third-order valence-corrected chi connectivity index (χ3v) is 0.855. The molecule has 0 unspecified atom stereocenters. The summed E-state index contributed by atoms with van der Waals surface area (Å²) in [5, 5.41) is 2.22. The highest BCUT2D eigenvalue weighted by atomic mass is 16.5. The molecule has 0 aromatic heterocycles. The molecule has 0 saturated carbocycles. The van der Waals surface area contributed by atoms with Crippen molar-refractivity contribution >= 4 is 11.7 Å². The van der Waals surface area contributed by atoms with Gasteiger partial charge in [-0.3, -0.25) is 9.59 Å². The summed E-state index contributed by atoms with van der Waals surface area (Å²) in [5.74, 6) is -1.20. The van der Waals surface area contributed by atoms with Crippen LogP contribution in [-0.4, -0.2) is 18.4 Å². The van der Waals surface area contributed by atoms with Crippen molar-refractivity contribution < 1.29 is 14.3 Å². The van der Waals surface area contributed by atoms with E-state index >= 15 is 0 Å². The molecule has 1 rings (SSSR count). The number of carbonyl (C=O) groups excluding carboxylic acids is 2. The van der Waals surface area contributed by atoms with Crippen molar-refractivity contribution in [2.75, 3.05) is 6.73 Å². The van der Waals surface area contributed by atoms with Crippen molar-refractivity contribution in [1.82, 2.24) is 5.32 Å². The first-order valence-corrected chi connectivity index (χ1v) is 2.41. The lowest BCUT2D eigenvalue weighted by Gasteiger charge is -1.95. The molecule has 4 nitrogen and oxygen atoms in total. The van der Waals surface area contributed by atoms with Crippen LogP contribution >= 0.6 is 0 Å². The van der Waals surface area contributed by atoms with E-state index in [-0.39, 0.29) is 6.73 Å². The van der Waals surface area contributed by atoms with E-state index < -0.39 is 11.7 Å². The van der Waals surface area contributed by atoms with Crippen molar-refractivity contribution in [3.05, 3.63) is 12.3 Å². The number of amides is 1. The van der Waals surface area contributed by atoms with E-state index in [1.165, 1.54) is 6.26 Å². The van der Waals surface area contributed by atoms with Gasteiger partial charge in [-0.05, 0) is 0 Å². The molecule has 9 heavy (non-hydrogen) atoms. The first kappa shape index (κ1) is 5.81. The Morgan fingerprint density at radius 1 is 1.56 bits per heavy atom. The number of ether oxygens (including phenoxy) is 1. The third kappa shape index (κ3) is 1.28. The average Bonchev–Trinajstić information content (AvgIpc) is 1.99. The minimum Gasteiger partial charge on any atom is -0.481 e. The highest BCUT2D eigenvalue weighted by Crippen LogP contribution is 1.84.